The van der Waals surface area contributed by atoms with Crippen molar-refractivity contribution in [2.24, 2.45) is 11.7 Å². The number of thiocarbonyl (C=S) groups is 1. The molecule has 2 atom stereocenters. The lowest BCUT2D eigenvalue weighted by atomic mass is 10.0. The molecule has 1 fully saturated rings. The number of nitrogens with one attached hydrogen (secondary N) is 1. The third-order valence-electron chi connectivity index (χ3n) is 3.34. The number of benzene rings is 1. The molecule has 2 unspecified atom stereocenters. The van der Waals surface area contributed by atoms with Gasteiger partial charge in [-0.1, -0.05) is 12.2 Å². The van der Waals surface area contributed by atoms with Crippen LogP contribution in [0.2, 0.25) is 0 Å². The Bertz CT molecular complexity index is 453. The minimum atomic E-state index is -0.327. The second-order valence-electron chi connectivity index (χ2n) is 4.56. The maximum atomic E-state index is 13.8. The zero-order valence-corrected chi connectivity index (χ0v) is 11.1. The Morgan fingerprint density at radius 3 is 2.94 bits per heavy atom. The summed E-state index contributed by atoms with van der Waals surface area (Å²) in [5, 5.41) is 3.11. The van der Waals surface area contributed by atoms with E-state index in [1.54, 1.807) is 12.1 Å². The molecule has 1 heterocycles. The van der Waals surface area contributed by atoms with Gasteiger partial charge in [-0.3, -0.25) is 0 Å². The molecule has 0 spiro atoms. The molecule has 1 aromatic rings. The van der Waals surface area contributed by atoms with E-state index in [-0.39, 0.29) is 16.9 Å². The van der Waals surface area contributed by atoms with Crippen LogP contribution in [-0.2, 0) is 4.74 Å². The fourth-order valence-corrected chi connectivity index (χ4v) is 2.22. The number of hydrogen-bond donors (Lipinski definition) is 2. The summed E-state index contributed by atoms with van der Waals surface area (Å²) in [5.41, 5.74) is 6.48. The Morgan fingerprint density at radius 2 is 2.39 bits per heavy atom. The summed E-state index contributed by atoms with van der Waals surface area (Å²) in [7, 11) is 0. The molecule has 18 heavy (non-hydrogen) atoms. The molecule has 1 aliphatic rings. The van der Waals surface area contributed by atoms with Gasteiger partial charge >= 0.3 is 0 Å². The van der Waals surface area contributed by atoms with Crippen molar-refractivity contribution in [3.05, 3.63) is 29.6 Å². The van der Waals surface area contributed by atoms with Gasteiger partial charge in [0.1, 0.15) is 10.8 Å². The maximum Gasteiger partial charge on any atom is 0.146 e. The lowest BCUT2D eigenvalue weighted by molar-refractivity contribution is 0.108. The van der Waals surface area contributed by atoms with Crippen LogP contribution in [0.3, 0.4) is 0 Å². The zero-order chi connectivity index (χ0) is 13.1. The van der Waals surface area contributed by atoms with Gasteiger partial charge in [0.2, 0.25) is 0 Å². The predicted molar refractivity (Wildman–Crippen MR) is 74.3 cm³/mol. The highest BCUT2D eigenvalue weighted by Crippen LogP contribution is 2.22. The SMILES string of the molecule is CC1OCCC1CNc1ccc(C(N)=S)cc1F. The largest absolute Gasteiger partial charge is 0.389 e. The Balaban J connectivity index is 1.99. The molecular formula is C13H17FN2OS. The van der Waals surface area contributed by atoms with Gasteiger partial charge < -0.3 is 15.8 Å². The van der Waals surface area contributed by atoms with Gasteiger partial charge in [-0.25, -0.2) is 4.39 Å². The first-order valence-corrected chi connectivity index (χ1v) is 6.43. The number of halogens is 1. The van der Waals surface area contributed by atoms with E-state index in [0.717, 1.165) is 13.0 Å². The van der Waals surface area contributed by atoms with E-state index in [4.69, 9.17) is 22.7 Å². The summed E-state index contributed by atoms with van der Waals surface area (Å²) in [6.45, 7) is 3.55. The predicted octanol–water partition coefficient (Wildman–Crippen LogP) is 2.30. The van der Waals surface area contributed by atoms with Crippen molar-refractivity contribution >= 4 is 22.9 Å². The summed E-state index contributed by atoms with van der Waals surface area (Å²) in [6, 6.07) is 4.76. The summed E-state index contributed by atoms with van der Waals surface area (Å²) in [4.78, 5) is 0.207. The monoisotopic (exact) mass is 268 g/mol. The second kappa shape index (κ2) is 5.63. The van der Waals surface area contributed by atoms with Crippen LogP contribution < -0.4 is 11.1 Å². The molecule has 0 amide bonds. The molecule has 98 valence electrons. The van der Waals surface area contributed by atoms with Gasteiger partial charge in [-0.05, 0) is 31.5 Å². The second-order valence-corrected chi connectivity index (χ2v) is 5.00. The standard InChI is InChI=1S/C13H17FN2OS/c1-8-10(4-5-17-8)7-16-12-3-2-9(13(15)18)6-11(12)14/h2-3,6,8,10,16H,4-5,7H2,1H3,(H2,15,18). The molecule has 0 radical (unpaired) electrons. The summed E-state index contributed by atoms with van der Waals surface area (Å²) < 4.78 is 19.2. The van der Waals surface area contributed by atoms with Crippen molar-refractivity contribution < 1.29 is 9.13 Å². The van der Waals surface area contributed by atoms with Crippen molar-refractivity contribution in [3.63, 3.8) is 0 Å². The molecule has 1 saturated heterocycles. The zero-order valence-electron chi connectivity index (χ0n) is 10.3. The van der Waals surface area contributed by atoms with Crippen LogP contribution in [0.5, 0.6) is 0 Å². The van der Waals surface area contributed by atoms with E-state index in [0.29, 0.717) is 23.7 Å². The molecule has 1 aliphatic heterocycles. The van der Waals surface area contributed by atoms with Crippen LogP contribution in [0.15, 0.2) is 18.2 Å². The number of hydrogen-bond acceptors (Lipinski definition) is 3. The lowest BCUT2D eigenvalue weighted by Gasteiger charge is -2.16. The van der Waals surface area contributed by atoms with Crippen molar-refractivity contribution in [1.82, 2.24) is 0 Å². The highest BCUT2D eigenvalue weighted by atomic mass is 32.1. The number of ether oxygens (including phenoxy) is 1. The number of nitrogens with two attached hydrogens (primary N) is 1. The van der Waals surface area contributed by atoms with Gasteiger partial charge in [-0.2, -0.15) is 0 Å². The molecule has 1 aromatic carbocycles. The van der Waals surface area contributed by atoms with E-state index in [1.807, 2.05) is 6.92 Å². The Kier molecular flexibility index (Phi) is 4.14. The third-order valence-corrected chi connectivity index (χ3v) is 3.58. The van der Waals surface area contributed by atoms with E-state index in [9.17, 15) is 4.39 Å². The highest BCUT2D eigenvalue weighted by molar-refractivity contribution is 7.80. The van der Waals surface area contributed by atoms with Crippen LogP contribution in [0.4, 0.5) is 10.1 Å². The third kappa shape index (κ3) is 2.97. The first kappa shape index (κ1) is 13.2. The van der Waals surface area contributed by atoms with Crippen LogP contribution in [0.25, 0.3) is 0 Å². The summed E-state index contributed by atoms with van der Waals surface area (Å²) in [6.07, 6.45) is 1.25. The quantitative estimate of drug-likeness (QED) is 0.823. The summed E-state index contributed by atoms with van der Waals surface area (Å²) >= 11 is 4.81. The minimum absolute atomic E-state index is 0.207. The highest BCUT2D eigenvalue weighted by Gasteiger charge is 2.23. The van der Waals surface area contributed by atoms with Gasteiger partial charge in [-0.15, -0.1) is 0 Å². The van der Waals surface area contributed by atoms with Gasteiger partial charge in [0.05, 0.1) is 11.8 Å². The van der Waals surface area contributed by atoms with Crippen LogP contribution in [0, 0.1) is 11.7 Å². The molecular weight excluding hydrogens is 251 g/mol. The van der Waals surface area contributed by atoms with Crippen LogP contribution in [0.1, 0.15) is 18.9 Å². The lowest BCUT2D eigenvalue weighted by Crippen LogP contribution is -2.21. The Hall–Kier alpha value is -1.20. The number of anilines is 1. The van der Waals surface area contributed by atoms with Crippen molar-refractivity contribution in [1.29, 1.82) is 0 Å². The molecule has 2 rings (SSSR count). The van der Waals surface area contributed by atoms with E-state index < -0.39 is 0 Å². The smallest absolute Gasteiger partial charge is 0.146 e. The minimum Gasteiger partial charge on any atom is -0.389 e. The molecule has 0 saturated carbocycles. The van der Waals surface area contributed by atoms with E-state index in [2.05, 4.69) is 5.32 Å². The Labute approximate surface area is 112 Å². The first-order chi connectivity index (χ1) is 8.58. The van der Waals surface area contributed by atoms with Crippen molar-refractivity contribution in [2.45, 2.75) is 19.4 Å². The molecule has 0 aromatic heterocycles. The van der Waals surface area contributed by atoms with Gasteiger partial charge in [0.25, 0.3) is 0 Å². The Morgan fingerprint density at radius 1 is 1.61 bits per heavy atom. The topological polar surface area (TPSA) is 47.3 Å². The molecule has 5 heteroatoms. The fraction of sp³-hybridized carbons (Fsp3) is 0.462. The van der Waals surface area contributed by atoms with Crippen molar-refractivity contribution in [3.8, 4) is 0 Å². The molecule has 0 bridgehead atoms. The maximum absolute atomic E-state index is 13.8. The van der Waals surface area contributed by atoms with Gasteiger partial charge in [0.15, 0.2) is 0 Å². The fourth-order valence-electron chi connectivity index (χ4n) is 2.10. The molecule has 3 nitrogen and oxygen atoms in total. The van der Waals surface area contributed by atoms with E-state index in [1.165, 1.54) is 6.07 Å². The van der Waals surface area contributed by atoms with Crippen LogP contribution >= 0.6 is 12.2 Å². The molecule has 0 aliphatic carbocycles. The normalized spacial score (nSPS) is 23.0. The average molecular weight is 268 g/mol. The molecule has 3 N–H and O–H groups in total. The van der Waals surface area contributed by atoms with E-state index >= 15 is 0 Å². The first-order valence-electron chi connectivity index (χ1n) is 6.02. The average Bonchev–Trinajstić information content (AvgIpc) is 2.73. The van der Waals surface area contributed by atoms with Gasteiger partial charge in [0, 0.05) is 24.6 Å². The van der Waals surface area contributed by atoms with Crippen molar-refractivity contribution in [2.75, 3.05) is 18.5 Å². The number of rotatable bonds is 4. The van der Waals surface area contributed by atoms with Crippen LogP contribution in [-0.4, -0.2) is 24.2 Å². The summed E-state index contributed by atoms with van der Waals surface area (Å²) in [5.74, 6) is 0.103.